The van der Waals surface area contributed by atoms with E-state index < -0.39 is 12.1 Å². The Morgan fingerprint density at radius 1 is 1.00 bits per heavy atom. The van der Waals surface area contributed by atoms with E-state index >= 15 is 0 Å². The summed E-state index contributed by atoms with van der Waals surface area (Å²) < 4.78 is 17.3. The predicted octanol–water partition coefficient (Wildman–Crippen LogP) is 3.91. The Balaban J connectivity index is 1.34. The number of carbonyl (C=O) groups excluding carboxylic acids is 3. The fourth-order valence-corrected chi connectivity index (χ4v) is 5.26. The monoisotopic (exact) mass is 602 g/mol. The van der Waals surface area contributed by atoms with Gasteiger partial charge < -0.3 is 39.8 Å². The highest BCUT2D eigenvalue weighted by Crippen LogP contribution is 2.34. The minimum atomic E-state index is -0.487. The number of likely N-dealkylation sites (N-methyl/N-ethyl adjacent to an activating group) is 1. The Bertz CT molecular complexity index is 1500. The smallest absolute Gasteiger partial charge is 0.321 e. The van der Waals surface area contributed by atoms with E-state index in [0.717, 1.165) is 5.56 Å². The number of hydrogen-bond acceptors (Lipinski definition) is 7. The number of amides is 4. The molecule has 2 aliphatic heterocycles. The maximum Gasteiger partial charge on any atom is 0.321 e. The van der Waals surface area contributed by atoms with Gasteiger partial charge in [0.2, 0.25) is 18.6 Å². The maximum absolute atomic E-state index is 13.5. The van der Waals surface area contributed by atoms with Crippen LogP contribution in [0.1, 0.15) is 25.0 Å². The molecule has 2 heterocycles. The van der Waals surface area contributed by atoms with Crippen LogP contribution >= 0.6 is 0 Å². The zero-order chi connectivity index (χ0) is 31.2. The third-order valence-electron chi connectivity index (χ3n) is 7.83. The molecular weight excluding hydrogens is 564 g/mol. The number of rotatable bonds is 8. The highest BCUT2D eigenvalue weighted by Gasteiger charge is 2.32. The fraction of sp³-hybridized carbons (Fsp3) is 0.364. The summed E-state index contributed by atoms with van der Waals surface area (Å²) >= 11 is 0. The summed E-state index contributed by atoms with van der Waals surface area (Å²) in [6.45, 7) is 4.26. The third-order valence-corrected chi connectivity index (χ3v) is 7.83. The molecule has 3 N–H and O–H groups in total. The molecule has 232 valence electrons. The molecule has 3 aromatic rings. The normalized spacial score (nSPS) is 18.2. The summed E-state index contributed by atoms with van der Waals surface area (Å²) in [5.74, 6) is 1.16. The van der Waals surface area contributed by atoms with E-state index in [9.17, 15) is 19.5 Å². The summed E-state index contributed by atoms with van der Waals surface area (Å²) in [6, 6.07) is 19.1. The first-order chi connectivity index (χ1) is 21.2. The van der Waals surface area contributed by atoms with E-state index in [-0.39, 0.29) is 56.5 Å². The van der Waals surface area contributed by atoms with Crippen molar-refractivity contribution >= 4 is 29.2 Å². The summed E-state index contributed by atoms with van der Waals surface area (Å²) in [5, 5.41) is 15.7. The fourth-order valence-electron chi connectivity index (χ4n) is 5.26. The predicted molar refractivity (Wildman–Crippen MR) is 165 cm³/mol. The molecule has 11 heteroatoms. The van der Waals surface area contributed by atoms with Gasteiger partial charge in [0.15, 0.2) is 11.5 Å². The van der Waals surface area contributed by atoms with Gasteiger partial charge in [-0.25, -0.2) is 4.79 Å². The highest BCUT2D eigenvalue weighted by atomic mass is 16.7. The first kappa shape index (κ1) is 30.7. The molecule has 0 bridgehead atoms. The molecule has 0 spiro atoms. The SMILES string of the molecule is C[C@H]1CN([C@@H](C)CO)C(=O)Cc2cc(NC(=O)Cc3ccccc3)ccc2O[C@H]1CN(C)C(=O)Nc1ccc2c(c1)OCO2. The topological polar surface area (TPSA) is 130 Å². The second-order valence-corrected chi connectivity index (χ2v) is 11.3. The van der Waals surface area contributed by atoms with Crippen LogP contribution in [0, 0.1) is 5.92 Å². The van der Waals surface area contributed by atoms with Gasteiger partial charge in [-0.1, -0.05) is 37.3 Å². The lowest BCUT2D eigenvalue weighted by molar-refractivity contribution is -0.134. The molecule has 0 aromatic heterocycles. The van der Waals surface area contributed by atoms with Crippen molar-refractivity contribution in [2.75, 3.05) is 44.2 Å². The Kier molecular flexibility index (Phi) is 9.54. The molecule has 0 unspecified atom stereocenters. The molecule has 44 heavy (non-hydrogen) atoms. The van der Waals surface area contributed by atoms with Crippen molar-refractivity contribution in [2.45, 2.75) is 38.8 Å². The van der Waals surface area contributed by atoms with Crippen molar-refractivity contribution in [2.24, 2.45) is 5.92 Å². The van der Waals surface area contributed by atoms with E-state index in [1.807, 2.05) is 37.3 Å². The van der Waals surface area contributed by atoms with Crippen LogP contribution in [0.25, 0.3) is 0 Å². The number of nitrogens with one attached hydrogen (secondary N) is 2. The van der Waals surface area contributed by atoms with Crippen molar-refractivity contribution in [1.29, 1.82) is 0 Å². The number of ether oxygens (including phenoxy) is 3. The molecule has 0 fully saturated rings. The van der Waals surface area contributed by atoms with Gasteiger partial charge >= 0.3 is 6.03 Å². The van der Waals surface area contributed by atoms with Crippen molar-refractivity contribution in [1.82, 2.24) is 9.80 Å². The molecule has 0 aliphatic carbocycles. The van der Waals surface area contributed by atoms with Gasteiger partial charge in [0.1, 0.15) is 11.9 Å². The van der Waals surface area contributed by atoms with Crippen LogP contribution in [0.2, 0.25) is 0 Å². The van der Waals surface area contributed by atoms with Crippen LogP contribution in [0.4, 0.5) is 16.2 Å². The third kappa shape index (κ3) is 7.41. The summed E-state index contributed by atoms with van der Waals surface area (Å²) in [5.41, 5.74) is 2.61. The zero-order valence-electron chi connectivity index (χ0n) is 25.1. The Morgan fingerprint density at radius 3 is 2.45 bits per heavy atom. The van der Waals surface area contributed by atoms with E-state index in [2.05, 4.69) is 10.6 Å². The number of carbonyl (C=O) groups is 3. The van der Waals surface area contributed by atoms with E-state index in [1.54, 1.807) is 55.3 Å². The first-order valence-electron chi connectivity index (χ1n) is 14.7. The Morgan fingerprint density at radius 2 is 1.70 bits per heavy atom. The van der Waals surface area contributed by atoms with Crippen LogP contribution in [-0.2, 0) is 22.4 Å². The van der Waals surface area contributed by atoms with E-state index in [4.69, 9.17) is 14.2 Å². The average Bonchev–Trinajstić information content (AvgIpc) is 3.49. The van der Waals surface area contributed by atoms with Crippen molar-refractivity contribution in [3.8, 4) is 17.2 Å². The van der Waals surface area contributed by atoms with Crippen LogP contribution < -0.4 is 24.8 Å². The number of anilines is 2. The summed E-state index contributed by atoms with van der Waals surface area (Å²) in [4.78, 5) is 42.6. The second kappa shape index (κ2) is 13.7. The largest absolute Gasteiger partial charge is 0.488 e. The molecule has 2 aliphatic rings. The van der Waals surface area contributed by atoms with Gasteiger partial charge in [-0.15, -0.1) is 0 Å². The number of fused-ring (bicyclic) bond motifs is 2. The van der Waals surface area contributed by atoms with Crippen LogP contribution in [0.5, 0.6) is 17.2 Å². The van der Waals surface area contributed by atoms with Gasteiger partial charge in [-0.2, -0.15) is 0 Å². The minimum absolute atomic E-state index is 0.0297. The second-order valence-electron chi connectivity index (χ2n) is 11.3. The molecular formula is C33H38N4O7. The number of aliphatic hydroxyl groups is 1. The van der Waals surface area contributed by atoms with Gasteiger partial charge in [0.05, 0.1) is 32.0 Å². The number of hydrogen-bond donors (Lipinski definition) is 3. The van der Waals surface area contributed by atoms with E-state index in [0.29, 0.717) is 40.7 Å². The molecule has 0 radical (unpaired) electrons. The number of aliphatic hydroxyl groups excluding tert-OH is 1. The Labute approximate surface area is 256 Å². The molecule has 11 nitrogen and oxygen atoms in total. The zero-order valence-corrected chi connectivity index (χ0v) is 25.1. The molecule has 4 amide bonds. The van der Waals surface area contributed by atoms with Crippen molar-refractivity contribution < 1.29 is 33.7 Å². The van der Waals surface area contributed by atoms with Crippen molar-refractivity contribution in [3.05, 3.63) is 77.9 Å². The average molecular weight is 603 g/mol. The van der Waals surface area contributed by atoms with Crippen LogP contribution in [-0.4, -0.2) is 78.4 Å². The lowest BCUT2D eigenvalue weighted by Gasteiger charge is -2.34. The van der Waals surface area contributed by atoms with Crippen LogP contribution in [0.15, 0.2) is 66.7 Å². The van der Waals surface area contributed by atoms with Crippen LogP contribution in [0.3, 0.4) is 0 Å². The molecule has 3 aromatic carbocycles. The quantitative estimate of drug-likeness (QED) is 0.357. The summed E-state index contributed by atoms with van der Waals surface area (Å²) in [6.07, 6.45) is -0.240. The van der Waals surface area contributed by atoms with E-state index in [1.165, 1.54) is 4.90 Å². The van der Waals surface area contributed by atoms with Gasteiger partial charge in [-0.3, -0.25) is 9.59 Å². The lowest BCUT2D eigenvalue weighted by Crippen LogP contribution is -2.48. The van der Waals surface area contributed by atoms with Gasteiger partial charge in [0, 0.05) is 42.5 Å². The summed E-state index contributed by atoms with van der Waals surface area (Å²) in [7, 11) is 1.68. The lowest BCUT2D eigenvalue weighted by atomic mass is 10.0. The molecule has 5 rings (SSSR count). The first-order valence-corrected chi connectivity index (χ1v) is 14.7. The van der Waals surface area contributed by atoms with Gasteiger partial charge in [0.25, 0.3) is 0 Å². The molecule has 0 saturated carbocycles. The van der Waals surface area contributed by atoms with Crippen molar-refractivity contribution in [3.63, 3.8) is 0 Å². The highest BCUT2D eigenvalue weighted by molar-refractivity contribution is 5.93. The number of nitrogens with zero attached hydrogens (tertiary/aromatic N) is 2. The maximum atomic E-state index is 13.5. The van der Waals surface area contributed by atoms with Gasteiger partial charge in [-0.05, 0) is 42.8 Å². The Hall–Kier alpha value is -4.77. The molecule has 3 atom stereocenters. The number of urea groups is 1. The number of benzene rings is 3. The standard InChI is InChI=1S/C33H38N4O7/c1-21-17-37(22(2)19-38)32(40)15-24-14-25(34-31(39)13-23-7-5-4-6-8-23)9-11-27(24)44-30(21)18-36(3)33(41)35-26-10-12-28-29(16-26)43-20-42-28/h4-12,14,16,21-22,30,38H,13,15,17-20H2,1-3H3,(H,34,39)(H,35,41)/t21-,22-,30-/m0/s1. The molecule has 0 saturated heterocycles. The minimum Gasteiger partial charge on any atom is -0.488 e.